The summed E-state index contributed by atoms with van der Waals surface area (Å²) in [5.41, 5.74) is 2.98. The number of hydrogen-bond donors (Lipinski definition) is 2. The van der Waals surface area contributed by atoms with Crippen LogP contribution in [0.5, 0.6) is 0 Å². The maximum absolute atomic E-state index is 12.8. The van der Waals surface area contributed by atoms with Crippen molar-refractivity contribution in [2.75, 3.05) is 23.7 Å². The van der Waals surface area contributed by atoms with Gasteiger partial charge in [-0.1, -0.05) is 0 Å². The van der Waals surface area contributed by atoms with E-state index >= 15 is 0 Å². The SMILES string of the molecule is O=C(C[C@@H]1CCCN1C(=O)CC1CC1)Nc1ccc(-c2cnc(-c3ccc(NC(=O)C[C@@H]4CCCN4C(=O)CC4CC4)cc3)o2)cc1. The van der Waals surface area contributed by atoms with E-state index in [9.17, 15) is 19.2 Å². The molecular formula is C37H43N5O5. The zero-order valence-electron chi connectivity index (χ0n) is 26.8. The predicted molar refractivity (Wildman–Crippen MR) is 178 cm³/mol. The van der Waals surface area contributed by atoms with Crippen LogP contribution in [-0.4, -0.2) is 63.6 Å². The molecule has 3 heterocycles. The quantitative estimate of drug-likeness (QED) is 0.242. The molecule has 0 spiro atoms. The molecule has 2 aromatic carbocycles. The average molecular weight is 638 g/mol. The standard InChI is InChI=1S/C37H43N5O5/c43-33(21-30-3-1-17-41(30)35(45)19-24-5-6-24)39-28-13-9-26(10-14-28)32-23-38-37(47-32)27-11-15-29(16-12-27)40-34(44)22-31-4-2-18-42(31)36(46)20-25-7-8-25/h9-16,23-25,30-31H,1-8,17-22H2,(H,39,43)(H,40,44)/t30-,31-/m0/s1. The van der Waals surface area contributed by atoms with Gasteiger partial charge in [0.25, 0.3) is 0 Å². The highest BCUT2D eigenvalue weighted by molar-refractivity contribution is 5.92. The van der Waals surface area contributed by atoms with Crippen molar-refractivity contribution in [1.29, 1.82) is 0 Å². The van der Waals surface area contributed by atoms with E-state index in [1.807, 2.05) is 58.3 Å². The fourth-order valence-electron chi connectivity index (χ4n) is 6.93. The zero-order chi connectivity index (χ0) is 32.3. The van der Waals surface area contributed by atoms with E-state index in [0.717, 1.165) is 75.6 Å². The number of rotatable bonds is 12. The van der Waals surface area contributed by atoms with Crippen molar-refractivity contribution in [2.24, 2.45) is 11.8 Å². The molecule has 10 heteroatoms. The lowest BCUT2D eigenvalue weighted by atomic mass is 10.1. The summed E-state index contributed by atoms with van der Waals surface area (Å²) in [4.78, 5) is 59.1. The topological polar surface area (TPSA) is 125 Å². The zero-order valence-corrected chi connectivity index (χ0v) is 26.8. The smallest absolute Gasteiger partial charge is 0.226 e. The molecule has 2 N–H and O–H groups in total. The van der Waals surface area contributed by atoms with Crippen LogP contribution in [0.25, 0.3) is 22.8 Å². The molecule has 2 atom stereocenters. The Morgan fingerprint density at radius 2 is 1.11 bits per heavy atom. The Hall–Kier alpha value is -4.47. The monoisotopic (exact) mass is 637 g/mol. The number of nitrogens with one attached hydrogen (secondary N) is 2. The molecule has 2 aliphatic carbocycles. The molecule has 2 saturated carbocycles. The lowest BCUT2D eigenvalue weighted by Gasteiger charge is -2.24. The second-order valence-corrected chi connectivity index (χ2v) is 13.8. The Labute approximate surface area is 275 Å². The number of oxazole rings is 1. The molecule has 4 amide bonds. The Bertz CT molecular complexity index is 1490. The minimum Gasteiger partial charge on any atom is -0.436 e. The average Bonchev–Trinajstić information content (AvgIpc) is 3.87. The van der Waals surface area contributed by atoms with Crippen LogP contribution < -0.4 is 10.6 Å². The Balaban J connectivity index is 0.892. The van der Waals surface area contributed by atoms with Crippen LogP contribution in [0.4, 0.5) is 11.4 Å². The van der Waals surface area contributed by atoms with Gasteiger partial charge in [0, 0.05) is 73.4 Å². The first kappa shape index (κ1) is 31.1. The maximum Gasteiger partial charge on any atom is 0.226 e. The van der Waals surface area contributed by atoms with Gasteiger partial charge in [0.15, 0.2) is 5.76 Å². The molecule has 0 unspecified atom stereocenters. The van der Waals surface area contributed by atoms with Crippen molar-refractivity contribution in [3.63, 3.8) is 0 Å². The molecule has 0 radical (unpaired) electrons. The molecule has 2 saturated heterocycles. The summed E-state index contributed by atoms with van der Waals surface area (Å²) in [6.45, 7) is 1.50. The van der Waals surface area contributed by atoms with Crippen molar-refractivity contribution >= 4 is 35.0 Å². The van der Waals surface area contributed by atoms with E-state index < -0.39 is 0 Å². The van der Waals surface area contributed by atoms with Gasteiger partial charge in [0.05, 0.1) is 6.20 Å². The maximum atomic E-state index is 12.8. The van der Waals surface area contributed by atoms with Crippen LogP contribution >= 0.6 is 0 Å². The number of hydrogen-bond acceptors (Lipinski definition) is 6. The van der Waals surface area contributed by atoms with E-state index in [1.54, 1.807) is 6.20 Å². The molecular weight excluding hydrogens is 594 g/mol. The van der Waals surface area contributed by atoms with Crippen molar-refractivity contribution in [1.82, 2.24) is 14.8 Å². The number of anilines is 2. The third-order valence-corrected chi connectivity index (χ3v) is 9.93. The summed E-state index contributed by atoms with van der Waals surface area (Å²) in [5, 5.41) is 5.95. The van der Waals surface area contributed by atoms with Crippen molar-refractivity contribution in [2.45, 2.75) is 89.1 Å². The molecule has 0 bridgehead atoms. The first-order valence-electron chi connectivity index (χ1n) is 17.2. The highest BCUT2D eigenvalue weighted by Gasteiger charge is 2.35. The van der Waals surface area contributed by atoms with Crippen LogP contribution in [0, 0.1) is 11.8 Å². The number of benzene rings is 2. The lowest BCUT2D eigenvalue weighted by Crippen LogP contribution is -2.37. The number of carbonyl (C=O) groups is 4. The molecule has 2 aliphatic heterocycles. The van der Waals surface area contributed by atoms with Crippen molar-refractivity contribution < 1.29 is 23.6 Å². The number of carbonyl (C=O) groups excluding carboxylic acids is 4. The van der Waals surface area contributed by atoms with Crippen molar-refractivity contribution in [3.8, 4) is 22.8 Å². The highest BCUT2D eigenvalue weighted by atomic mass is 16.4. The third-order valence-electron chi connectivity index (χ3n) is 9.93. The first-order valence-corrected chi connectivity index (χ1v) is 17.2. The Kier molecular flexibility index (Phi) is 9.09. The summed E-state index contributed by atoms with van der Waals surface area (Å²) in [7, 11) is 0. The van der Waals surface area contributed by atoms with Crippen LogP contribution in [-0.2, 0) is 19.2 Å². The fourth-order valence-corrected chi connectivity index (χ4v) is 6.93. The van der Waals surface area contributed by atoms with Crippen LogP contribution in [0.2, 0.25) is 0 Å². The minimum atomic E-state index is -0.0913. The summed E-state index contributed by atoms with van der Waals surface area (Å²) in [5.74, 6) is 2.37. The third kappa shape index (κ3) is 7.92. The molecule has 246 valence electrons. The van der Waals surface area contributed by atoms with Crippen LogP contribution in [0.15, 0.2) is 59.1 Å². The van der Waals surface area contributed by atoms with Gasteiger partial charge in [0.2, 0.25) is 29.5 Å². The van der Waals surface area contributed by atoms with Gasteiger partial charge < -0.3 is 24.9 Å². The van der Waals surface area contributed by atoms with Gasteiger partial charge in [-0.2, -0.15) is 0 Å². The molecule has 3 aromatic rings. The van der Waals surface area contributed by atoms with E-state index in [4.69, 9.17) is 4.42 Å². The summed E-state index contributed by atoms with van der Waals surface area (Å²) in [6, 6.07) is 14.8. The Morgan fingerprint density at radius 1 is 0.638 bits per heavy atom. The molecule has 10 nitrogen and oxygen atoms in total. The second kappa shape index (κ2) is 13.7. The van der Waals surface area contributed by atoms with Crippen LogP contribution in [0.1, 0.15) is 77.0 Å². The fraction of sp³-hybridized carbons (Fsp3) is 0.486. The number of amides is 4. The predicted octanol–water partition coefficient (Wildman–Crippen LogP) is 6.25. The number of aromatic nitrogens is 1. The van der Waals surface area contributed by atoms with Gasteiger partial charge >= 0.3 is 0 Å². The highest BCUT2D eigenvalue weighted by Crippen LogP contribution is 2.35. The largest absolute Gasteiger partial charge is 0.436 e. The van der Waals surface area contributed by atoms with Crippen LogP contribution in [0.3, 0.4) is 0 Å². The number of nitrogens with zero attached hydrogens (tertiary/aromatic N) is 3. The van der Waals surface area contributed by atoms with Crippen molar-refractivity contribution in [3.05, 3.63) is 54.7 Å². The van der Waals surface area contributed by atoms with Gasteiger partial charge in [-0.15, -0.1) is 0 Å². The molecule has 4 fully saturated rings. The van der Waals surface area contributed by atoms with E-state index in [0.29, 0.717) is 60.5 Å². The van der Waals surface area contributed by atoms with Gasteiger partial charge in [-0.05, 0) is 112 Å². The van der Waals surface area contributed by atoms with Gasteiger partial charge in [0.1, 0.15) is 0 Å². The van der Waals surface area contributed by atoms with E-state index in [-0.39, 0.29) is 35.7 Å². The molecule has 4 aliphatic rings. The number of likely N-dealkylation sites (tertiary alicyclic amines) is 2. The first-order chi connectivity index (χ1) is 22.9. The van der Waals surface area contributed by atoms with Gasteiger partial charge in [-0.25, -0.2) is 4.98 Å². The Morgan fingerprint density at radius 3 is 1.57 bits per heavy atom. The van der Waals surface area contributed by atoms with Gasteiger partial charge in [-0.3, -0.25) is 19.2 Å². The second-order valence-electron chi connectivity index (χ2n) is 13.8. The summed E-state index contributed by atoms with van der Waals surface area (Å²) < 4.78 is 6.05. The summed E-state index contributed by atoms with van der Waals surface area (Å²) >= 11 is 0. The van der Waals surface area contributed by atoms with E-state index in [2.05, 4.69) is 15.6 Å². The lowest BCUT2D eigenvalue weighted by molar-refractivity contribution is -0.134. The summed E-state index contributed by atoms with van der Waals surface area (Å²) in [6.07, 6.45) is 11.8. The molecule has 1 aromatic heterocycles. The normalized spacial score (nSPS) is 20.8. The van der Waals surface area contributed by atoms with E-state index in [1.165, 1.54) is 0 Å². The molecule has 47 heavy (non-hydrogen) atoms. The molecule has 7 rings (SSSR count). The minimum absolute atomic E-state index is 0.0189.